The van der Waals surface area contributed by atoms with Gasteiger partial charge in [-0.1, -0.05) is 13.8 Å². The summed E-state index contributed by atoms with van der Waals surface area (Å²) < 4.78 is 0. The Morgan fingerprint density at radius 1 is 1.18 bits per heavy atom. The van der Waals surface area contributed by atoms with Gasteiger partial charge in [-0.25, -0.2) is 0 Å². The minimum absolute atomic E-state index is 0.256. The third-order valence-corrected chi connectivity index (χ3v) is 2.29. The van der Waals surface area contributed by atoms with E-state index in [0.717, 1.165) is 0 Å². The molecule has 0 heterocycles. The third-order valence-electron chi connectivity index (χ3n) is 2.29. The Morgan fingerprint density at radius 3 is 1.73 bits per heavy atom. The Balaban J connectivity index is 4.02. The van der Waals surface area contributed by atoms with Gasteiger partial charge in [0.1, 0.15) is 0 Å². The molecule has 0 spiro atoms. The summed E-state index contributed by atoms with van der Waals surface area (Å²) in [6, 6.07) is 0.810. The number of nitrogens with zero attached hydrogens (tertiary/aromatic N) is 1. The van der Waals surface area contributed by atoms with Crippen molar-refractivity contribution in [3.8, 4) is 0 Å². The van der Waals surface area contributed by atoms with E-state index >= 15 is 0 Å². The predicted molar refractivity (Wildman–Crippen MR) is 48.6 cm³/mol. The first-order chi connectivity index (χ1) is 5.00. The smallest absolute Gasteiger partial charge is 0.0589 e. The zero-order valence-electron chi connectivity index (χ0n) is 8.33. The van der Waals surface area contributed by atoms with Crippen LogP contribution in [0.2, 0.25) is 0 Å². The lowest BCUT2D eigenvalue weighted by molar-refractivity contribution is 0.0900. The second-order valence-corrected chi connectivity index (χ2v) is 3.75. The highest BCUT2D eigenvalue weighted by Gasteiger charge is 2.18. The molecular weight excluding hydrogens is 138 g/mol. The van der Waals surface area contributed by atoms with Crippen molar-refractivity contribution >= 4 is 0 Å². The lowest BCUT2D eigenvalue weighted by Gasteiger charge is -2.32. The van der Waals surface area contributed by atoms with E-state index in [9.17, 15) is 0 Å². The molecular formula is C9H21NO. The summed E-state index contributed by atoms with van der Waals surface area (Å²) in [5.41, 5.74) is 0. The van der Waals surface area contributed by atoms with E-state index in [1.165, 1.54) is 0 Å². The van der Waals surface area contributed by atoms with Crippen LogP contribution >= 0.6 is 0 Å². The molecule has 11 heavy (non-hydrogen) atoms. The first kappa shape index (κ1) is 10.9. The molecule has 0 rings (SSSR count). The molecule has 0 amide bonds. The summed E-state index contributed by atoms with van der Waals surface area (Å²) in [5.74, 6) is 0.521. The molecule has 0 radical (unpaired) electrons. The van der Waals surface area contributed by atoms with E-state index in [-0.39, 0.29) is 6.61 Å². The van der Waals surface area contributed by atoms with Crippen molar-refractivity contribution in [3.05, 3.63) is 0 Å². The molecule has 0 saturated carbocycles. The molecule has 2 heteroatoms. The first-order valence-corrected chi connectivity index (χ1v) is 4.33. The van der Waals surface area contributed by atoms with Gasteiger partial charge in [0.05, 0.1) is 6.61 Å². The molecule has 1 N–H and O–H groups in total. The van der Waals surface area contributed by atoms with Crippen LogP contribution in [0.3, 0.4) is 0 Å². The van der Waals surface area contributed by atoms with E-state index in [1.54, 1.807) is 0 Å². The maximum absolute atomic E-state index is 9.07. The molecule has 0 aromatic rings. The summed E-state index contributed by atoms with van der Waals surface area (Å²) in [5, 5.41) is 9.07. The van der Waals surface area contributed by atoms with Gasteiger partial charge >= 0.3 is 0 Å². The van der Waals surface area contributed by atoms with Crippen molar-refractivity contribution < 1.29 is 5.11 Å². The predicted octanol–water partition coefficient (Wildman–Crippen LogP) is 1.34. The Hall–Kier alpha value is -0.0800. The van der Waals surface area contributed by atoms with Crippen molar-refractivity contribution in [3.63, 3.8) is 0 Å². The zero-order valence-corrected chi connectivity index (χ0v) is 8.33. The number of aliphatic hydroxyl groups excluding tert-OH is 1. The number of aliphatic hydroxyl groups is 1. The molecule has 2 nitrogen and oxygen atoms in total. The normalized spacial score (nSPS) is 15.0. The third kappa shape index (κ3) is 3.21. The summed E-state index contributed by atoms with van der Waals surface area (Å²) in [6.07, 6.45) is 0. The average Bonchev–Trinajstić information content (AvgIpc) is 1.88. The van der Waals surface area contributed by atoms with E-state index in [2.05, 4.69) is 39.6 Å². The maximum atomic E-state index is 9.07. The molecule has 0 aliphatic carbocycles. The molecule has 0 aromatic carbocycles. The first-order valence-electron chi connectivity index (χ1n) is 4.33. The van der Waals surface area contributed by atoms with Crippen LogP contribution in [-0.2, 0) is 0 Å². The van der Waals surface area contributed by atoms with Gasteiger partial charge in [0, 0.05) is 12.1 Å². The van der Waals surface area contributed by atoms with Gasteiger partial charge in [0.25, 0.3) is 0 Å². The zero-order chi connectivity index (χ0) is 9.02. The van der Waals surface area contributed by atoms with Crippen molar-refractivity contribution in [2.75, 3.05) is 13.7 Å². The Labute approximate surface area is 70.2 Å². The van der Waals surface area contributed by atoms with Crippen molar-refractivity contribution in [2.24, 2.45) is 5.92 Å². The fourth-order valence-corrected chi connectivity index (χ4v) is 1.19. The van der Waals surface area contributed by atoms with Gasteiger partial charge in [0.2, 0.25) is 0 Å². The summed E-state index contributed by atoms with van der Waals surface area (Å²) >= 11 is 0. The Kier molecular flexibility index (Phi) is 4.69. The molecule has 0 aliphatic heterocycles. The Bertz CT molecular complexity index is 102. The minimum atomic E-state index is 0.256. The van der Waals surface area contributed by atoms with Gasteiger partial charge in [-0.3, -0.25) is 4.90 Å². The van der Waals surface area contributed by atoms with Crippen LogP contribution < -0.4 is 0 Å². The van der Waals surface area contributed by atoms with E-state index in [0.29, 0.717) is 18.0 Å². The Morgan fingerprint density at radius 2 is 1.64 bits per heavy atom. The lowest BCUT2D eigenvalue weighted by Crippen LogP contribution is -2.42. The highest BCUT2D eigenvalue weighted by Crippen LogP contribution is 2.10. The molecule has 0 aromatic heterocycles. The van der Waals surface area contributed by atoms with Crippen LogP contribution in [0.1, 0.15) is 27.7 Å². The molecule has 0 bridgehead atoms. The van der Waals surface area contributed by atoms with Crippen LogP contribution in [0, 0.1) is 5.92 Å². The highest BCUT2D eigenvalue weighted by molar-refractivity contribution is 4.73. The SMILES string of the molecule is CC(C)[C@H](CO)N(C)C(C)C. The second kappa shape index (κ2) is 4.73. The topological polar surface area (TPSA) is 23.5 Å². The number of rotatable bonds is 4. The van der Waals surface area contributed by atoms with Gasteiger partial charge in [-0.05, 0) is 26.8 Å². The van der Waals surface area contributed by atoms with Crippen LogP contribution in [0.4, 0.5) is 0 Å². The van der Waals surface area contributed by atoms with Gasteiger partial charge in [0.15, 0.2) is 0 Å². The van der Waals surface area contributed by atoms with Gasteiger partial charge < -0.3 is 5.11 Å². The van der Waals surface area contributed by atoms with Crippen molar-refractivity contribution in [2.45, 2.75) is 39.8 Å². The second-order valence-electron chi connectivity index (χ2n) is 3.75. The maximum Gasteiger partial charge on any atom is 0.0589 e. The molecule has 1 atom stereocenters. The standard InChI is InChI=1S/C9H21NO/c1-7(2)9(6-11)10(5)8(3)4/h7-9,11H,6H2,1-5H3/t9-/m0/s1. The summed E-state index contributed by atoms with van der Waals surface area (Å²) in [4.78, 5) is 2.21. The van der Waals surface area contributed by atoms with E-state index in [4.69, 9.17) is 5.11 Å². The number of hydrogen-bond donors (Lipinski definition) is 1. The van der Waals surface area contributed by atoms with Crippen LogP contribution in [0.5, 0.6) is 0 Å². The fourth-order valence-electron chi connectivity index (χ4n) is 1.19. The van der Waals surface area contributed by atoms with Crippen LogP contribution in [-0.4, -0.2) is 35.7 Å². The molecule has 0 fully saturated rings. The monoisotopic (exact) mass is 159 g/mol. The fraction of sp³-hybridized carbons (Fsp3) is 1.00. The number of likely N-dealkylation sites (N-methyl/N-ethyl adjacent to an activating group) is 1. The van der Waals surface area contributed by atoms with Gasteiger partial charge in [-0.2, -0.15) is 0 Å². The van der Waals surface area contributed by atoms with E-state index in [1.807, 2.05) is 0 Å². The van der Waals surface area contributed by atoms with Crippen molar-refractivity contribution in [1.82, 2.24) is 4.90 Å². The summed E-state index contributed by atoms with van der Waals surface area (Å²) in [6.45, 7) is 8.82. The van der Waals surface area contributed by atoms with Gasteiger partial charge in [-0.15, -0.1) is 0 Å². The van der Waals surface area contributed by atoms with E-state index < -0.39 is 0 Å². The number of hydrogen-bond acceptors (Lipinski definition) is 2. The quantitative estimate of drug-likeness (QED) is 0.669. The lowest BCUT2D eigenvalue weighted by atomic mass is 10.0. The summed E-state index contributed by atoms with van der Waals surface area (Å²) in [7, 11) is 2.06. The average molecular weight is 159 g/mol. The molecule has 0 unspecified atom stereocenters. The highest BCUT2D eigenvalue weighted by atomic mass is 16.3. The molecule has 68 valence electrons. The molecule has 0 saturated heterocycles. The minimum Gasteiger partial charge on any atom is -0.395 e. The van der Waals surface area contributed by atoms with Crippen molar-refractivity contribution in [1.29, 1.82) is 0 Å². The van der Waals surface area contributed by atoms with Crippen LogP contribution in [0.25, 0.3) is 0 Å². The largest absolute Gasteiger partial charge is 0.395 e. The van der Waals surface area contributed by atoms with Crippen LogP contribution in [0.15, 0.2) is 0 Å². The molecule has 0 aliphatic rings.